The lowest BCUT2D eigenvalue weighted by Crippen LogP contribution is -2.39. The van der Waals surface area contributed by atoms with E-state index in [0.29, 0.717) is 23.5 Å². The number of Topliss-reactive ketones (excluding diaryl/α,β-unsaturated/α-hetero) is 1. The largest absolute Gasteiger partial charge is 0.493 e. The molecule has 0 saturated carbocycles. The van der Waals surface area contributed by atoms with Crippen LogP contribution in [0.25, 0.3) is 0 Å². The second-order valence-corrected chi connectivity index (χ2v) is 8.91. The van der Waals surface area contributed by atoms with E-state index in [0.717, 1.165) is 11.1 Å². The average Bonchev–Trinajstić information content (AvgIpc) is 2.73. The Balaban J connectivity index is 2.09. The molecule has 1 aliphatic heterocycles. The van der Waals surface area contributed by atoms with Gasteiger partial charge in [-0.25, -0.2) is 8.42 Å². The SMILES string of the molecule is COc1ccc([C@@H]2CC=C(C(C)=O)CN2S(=O)(=O)c2ccc(C)cc2)cc1OC. The van der Waals surface area contributed by atoms with Crippen molar-refractivity contribution in [2.45, 2.75) is 31.2 Å². The maximum absolute atomic E-state index is 13.5. The molecule has 0 spiro atoms. The molecule has 29 heavy (non-hydrogen) atoms. The van der Waals surface area contributed by atoms with Crippen LogP contribution >= 0.6 is 0 Å². The van der Waals surface area contributed by atoms with Gasteiger partial charge in [0.15, 0.2) is 17.3 Å². The molecule has 1 atom stereocenters. The molecule has 0 unspecified atom stereocenters. The van der Waals surface area contributed by atoms with E-state index in [1.54, 1.807) is 43.5 Å². The maximum Gasteiger partial charge on any atom is 0.243 e. The first-order valence-corrected chi connectivity index (χ1v) is 10.7. The summed E-state index contributed by atoms with van der Waals surface area (Å²) in [6, 6.07) is 11.7. The first kappa shape index (κ1) is 21.1. The summed E-state index contributed by atoms with van der Waals surface area (Å²) in [4.78, 5) is 12.2. The number of ether oxygens (including phenoxy) is 2. The molecule has 0 fully saturated rings. The zero-order valence-electron chi connectivity index (χ0n) is 17.0. The van der Waals surface area contributed by atoms with Gasteiger partial charge in [0.05, 0.1) is 25.2 Å². The van der Waals surface area contributed by atoms with E-state index in [2.05, 4.69) is 0 Å². The Bertz CT molecular complexity index is 1040. The van der Waals surface area contributed by atoms with E-state index in [-0.39, 0.29) is 17.2 Å². The number of methoxy groups -OCH3 is 2. The Morgan fingerprint density at radius 2 is 1.69 bits per heavy atom. The molecule has 2 aromatic rings. The molecule has 6 nitrogen and oxygen atoms in total. The summed E-state index contributed by atoms with van der Waals surface area (Å²) in [5.74, 6) is 0.971. The summed E-state index contributed by atoms with van der Waals surface area (Å²) in [5.41, 5.74) is 2.25. The molecule has 154 valence electrons. The number of rotatable bonds is 6. The quantitative estimate of drug-likeness (QED) is 0.720. The molecule has 1 heterocycles. The van der Waals surface area contributed by atoms with Crippen LogP contribution in [0.1, 0.15) is 30.5 Å². The fourth-order valence-corrected chi connectivity index (χ4v) is 5.03. The minimum atomic E-state index is -3.81. The summed E-state index contributed by atoms with van der Waals surface area (Å²) in [5, 5.41) is 0. The molecule has 7 heteroatoms. The minimum Gasteiger partial charge on any atom is -0.493 e. The van der Waals surface area contributed by atoms with Gasteiger partial charge in [0, 0.05) is 12.1 Å². The second kappa shape index (κ2) is 8.39. The van der Waals surface area contributed by atoms with Gasteiger partial charge in [0.25, 0.3) is 0 Å². The Hall–Kier alpha value is -2.64. The number of carbonyl (C=O) groups excluding carboxylic acids is 1. The summed E-state index contributed by atoms with van der Waals surface area (Å²) >= 11 is 0. The Labute approximate surface area is 171 Å². The molecule has 1 aliphatic rings. The predicted molar refractivity (Wildman–Crippen MR) is 111 cm³/mol. The second-order valence-electron chi connectivity index (χ2n) is 7.01. The Morgan fingerprint density at radius 1 is 1.03 bits per heavy atom. The van der Waals surface area contributed by atoms with Crippen molar-refractivity contribution < 1.29 is 22.7 Å². The van der Waals surface area contributed by atoms with Crippen LogP contribution in [0, 0.1) is 6.92 Å². The molecule has 3 rings (SSSR count). The smallest absolute Gasteiger partial charge is 0.243 e. The third kappa shape index (κ3) is 4.21. The van der Waals surface area contributed by atoms with Gasteiger partial charge in [0.1, 0.15) is 0 Å². The van der Waals surface area contributed by atoms with Crippen molar-refractivity contribution in [3.8, 4) is 11.5 Å². The van der Waals surface area contributed by atoms with Gasteiger partial charge >= 0.3 is 0 Å². The van der Waals surface area contributed by atoms with Crippen LogP contribution in [0.15, 0.2) is 59.0 Å². The number of hydrogen-bond acceptors (Lipinski definition) is 5. The van der Waals surface area contributed by atoms with Crippen LogP contribution in [-0.2, 0) is 14.8 Å². The number of nitrogens with zero attached hydrogens (tertiary/aromatic N) is 1. The van der Waals surface area contributed by atoms with Gasteiger partial charge in [-0.3, -0.25) is 4.79 Å². The van der Waals surface area contributed by atoms with Crippen LogP contribution in [-0.4, -0.2) is 39.3 Å². The van der Waals surface area contributed by atoms with Crippen LogP contribution in [0.4, 0.5) is 0 Å². The summed E-state index contributed by atoms with van der Waals surface area (Å²) in [6.45, 7) is 3.39. The summed E-state index contributed by atoms with van der Waals surface area (Å²) in [6.07, 6.45) is 2.22. The third-order valence-corrected chi connectivity index (χ3v) is 7.00. The zero-order chi connectivity index (χ0) is 21.2. The summed E-state index contributed by atoms with van der Waals surface area (Å²) in [7, 11) is -0.721. The first-order chi connectivity index (χ1) is 13.8. The standard InChI is InChI=1S/C22H25NO5S/c1-15-5-9-19(10-6-15)29(25,26)23-14-18(16(2)24)7-11-20(23)17-8-12-21(27-3)22(13-17)28-4/h5-10,12-13,20H,11,14H2,1-4H3/t20-/m0/s1. The van der Waals surface area contributed by atoms with Crippen molar-refractivity contribution in [3.63, 3.8) is 0 Å². The van der Waals surface area contributed by atoms with Crippen LogP contribution < -0.4 is 9.47 Å². The Morgan fingerprint density at radius 3 is 2.28 bits per heavy atom. The van der Waals surface area contributed by atoms with Gasteiger partial charge in [-0.1, -0.05) is 29.8 Å². The van der Waals surface area contributed by atoms with Crippen molar-refractivity contribution in [1.82, 2.24) is 4.31 Å². The third-order valence-electron chi connectivity index (χ3n) is 5.13. The van der Waals surface area contributed by atoms with E-state index >= 15 is 0 Å². The average molecular weight is 416 g/mol. The van der Waals surface area contributed by atoms with Crippen molar-refractivity contribution in [2.24, 2.45) is 0 Å². The highest BCUT2D eigenvalue weighted by Gasteiger charge is 2.36. The molecule has 2 aromatic carbocycles. The fourth-order valence-electron chi connectivity index (χ4n) is 3.43. The molecule has 0 aromatic heterocycles. The number of aryl methyl sites for hydroxylation is 1. The van der Waals surface area contributed by atoms with E-state index in [1.165, 1.54) is 18.3 Å². The molecule has 0 radical (unpaired) electrons. The lowest BCUT2D eigenvalue weighted by molar-refractivity contribution is -0.113. The monoisotopic (exact) mass is 415 g/mol. The van der Waals surface area contributed by atoms with E-state index in [9.17, 15) is 13.2 Å². The van der Waals surface area contributed by atoms with Crippen molar-refractivity contribution in [3.05, 3.63) is 65.2 Å². The van der Waals surface area contributed by atoms with Crippen molar-refractivity contribution in [2.75, 3.05) is 20.8 Å². The van der Waals surface area contributed by atoms with Gasteiger partial charge in [-0.2, -0.15) is 4.31 Å². The maximum atomic E-state index is 13.5. The van der Waals surface area contributed by atoms with Gasteiger partial charge < -0.3 is 9.47 Å². The number of ketones is 1. The number of sulfonamides is 1. The van der Waals surface area contributed by atoms with Crippen LogP contribution in [0.2, 0.25) is 0 Å². The Kier molecular flexibility index (Phi) is 6.10. The molecule has 0 amide bonds. The number of carbonyl (C=O) groups is 1. The lowest BCUT2D eigenvalue weighted by Gasteiger charge is -2.34. The molecule has 0 N–H and O–H groups in total. The molecular formula is C22H25NO5S. The molecule has 0 aliphatic carbocycles. The summed E-state index contributed by atoms with van der Waals surface area (Å²) < 4.78 is 39.0. The van der Waals surface area contributed by atoms with Crippen molar-refractivity contribution >= 4 is 15.8 Å². The molecule has 0 bridgehead atoms. The highest BCUT2D eigenvalue weighted by molar-refractivity contribution is 7.89. The fraction of sp³-hybridized carbons (Fsp3) is 0.318. The van der Waals surface area contributed by atoms with E-state index < -0.39 is 16.1 Å². The normalized spacial score (nSPS) is 17.5. The van der Waals surface area contributed by atoms with Crippen LogP contribution in [0.3, 0.4) is 0 Å². The lowest BCUT2D eigenvalue weighted by atomic mass is 9.96. The van der Waals surface area contributed by atoms with E-state index in [1.807, 2.05) is 19.1 Å². The number of benzene rings is 2. The topological polar surface area (TPSA) is 72.9 Å². The van der Waals surface area contributed by atoms with Gasteiger partial charge in [0.2, 0.25) is 10.0 Å². The minimum absolute atomic E-state index is 0.0323. The molecular weight excluding hydrogens is 390 g/mol. The number of hydrogen-bond donors (Lipinski definition) is 0. The van der Waals surface area contributed by atoms with Crippen LogP contribution in [0.5, 0.6) is 11.5 Å². The first-order valence-electron chi connectivity index (χ1n) is 9.28. The van der Waals surface area contributed by atoms with E-state index in [4.69, 9.17) is 9.47 Å². The predicted octanol–water partition coefficient (Wildman–Crippen LogP) is 3.66. The van der Waals surface area contributed by atoms with Gasteiger partial charge in [-0.05, 0) is 50.1 Å². The molecule has 0 saturated heterocycles. The zero-order valence-corrected chi connectivity index (χ0v) is 17.8. The highest BCUT2D eigenvalue weighted by Crippen LogP contribution is 2.38. The van der Waals surface area contributed by atoms with Gasteiger partial charge in [-0.15, -0.1) is 0 Å². The van der Waals surface area contributed by atoms with Crippen molar-refractivity contribution in [1.29, 1.82) is 0 Å². The highest BCUT2D eigenvalue weighted by atomic mass is 32.2.